The summed E-state index contributed by atoms with van der Waals surface area (Å²) in [6.45, 7) is 3.22. The number of carbonyl (C=O) groups is 1. The van der Waals surface area contributed by atoms with E-state index >= 15 is 0 Å². The summed E-state index contributed by atoms with van der Waals surface area (Å²) in [5, 5.41) is 18.6. The third-order valence-corrected chi connectivity index (χ3v) is 2.60. The molecule has 2 N–H and O–H groups in total. The fourth-order valence-electron chi connectivity index (χ4n) is 1.08. The minimum atomic E-state index is -0.940. The number of benzene rings is 1. The first-order chi connectivity index (χ1) is 6.43. The topological polar surface area (TPSA) is 57.5 Å². The van der Waals surface area contributed by atoms with Crippen molar-refractivity contribution in [3.8, 4) is 5.75 Å². The lowest BCUT2D eigenvalue weighted by Crippen LogP contribution is -2.07. The summed E-state index contributed by atoms with van der Waals surface area (Å²) < 4.78 is 0. The Labute approximate surface area is 86.9 Å². The van der Waals surface area contributed by atoms with Gasteiger partial charge in [0.1, 0.15) is 5.75 Å². The zero-order valence-corrected chi connectivity index (χ0v) is 8.67. The van der Waals surface area contributed by atoms with Crippen LogP contribution < -0.4 is 0 Å². The lowest BCUT2D eigenvalue weighted by Gasteiger charge is -2.09. The number of carboxylic acid groups (broad SMARTS) is 1. The summed E-state index contributed by atoms with van der Waals surface area (Å²) in [6.07, 6.45) is 0. The molecule has 3 nitrogen and oxygen atoms in total. The summed E-state index contributed by atoms with van der Waals surface area (Å²) >= 11 is 5.81. The molecule has 0 saturated carbocycles. The number of carboxylic acids is 1. The van der Waals surface area contributed by atoms with Gasteiger partial charge in [-0.15, -0.1) is 0 Å². The van der Waals surface area contributed by atoms with Gasteiger partial charge in [0.25, 0.3) is 0 Å². The van der Waals surface area contributed by atoms with E-state index in [9.17, 15) is 9.90 Å². The molecule has 0 heterocycles. The van der Waals surface area contributed by atoms with Gasteiger partial charge >= 0.3 is 5.97 Å². The van der Waals surface area contributed by atoms with Crippen LogP contribution in [-0.4, -0.2) is 16.2 Å². The first-order valence-electron chi connectivity index (χ1n) is 4.15. The van der Waals surface area contributed by atoms with Crippen molar-refractivity contribution in [2.45, 2.75) is 19.8 Å². The van der Waals surface area contributed by atoms with Gasteiger partial charge in [-0.05, 0) is 31.5 Å². The van der Waals surface area contributed by atoms with Crippen LogP contribution in [0, 0.1) is 6.92 Å². The van der Waals surface area contributed by atoms with Gasteiger partial charge in [-0.25, -0.2) is 0 Å². The van der Waals surface area contributed by atoms with Gasteiger partial charge in [0.05, 0.1) is 5.92 Å². The Morgan fingerprint density at radius 3 is 2.50 bits per heavy atom. The second kappa shape index (κ2) is 3.88. The number of phenolic OH excluding ortho intramolecular Hbond substituents is 1. The standard InChI is InChI=1S/C10H11ClO3/c1-5(10(13)14)7-3-8(11)6(2)9(12)4-7/h3-5,12H,1-2H3,(H,13,14). The SMILES string of the molecule is Cc1c(O)cc(C(C)C(=O)O)cc1Cl. The smallest absolute Gasteiger partial charge is 0.310 e. The van der Waals surface area contributed by atoms with Gasteiger partial charge in [-0.2, -0.15) is 0 Å². The quantitative estimate of drug-likeness (QED) is 0.796. The maximum absolute atomic E-state index is 10.7. The van der Waals surface area contributed by atoms with Gasteiger partial charge in [0.2, 0.25) is 0 Å². The highest BCUT2D eigenvalue weighted by atomic mass is 35.5. The zero-order chi connectivity index (χ0) is 10.9. The van der Waals surface area contributed by atoms with Crippen LogP contribution in [0.25, 0.3) is 0 Å². The maximum Gasteiger partial charge on any atom is 0.310 e. The molecule has 0 aliphatic rings. The van der Waals surface area contributed by atoms with Crippen LogP contribution in [0.5, 0.6) is 5.75 Å². The second-order valence-electron chi connectivity index (χ2n) is 3.21. The molecule has 14 heavy (non-hydrogen) atoms. The van der Waals surface area contributed by atoms with Gasteiger partial charge < -0.3 is 10.2 Å². The predicted octanol–water partition coefficient (Wildman–Crippen LogP) is 2.54. The lowest BCUT2D eigenvalue weighted by atomic mass is 10.00. The predicted molar refractivity (Wildman–Crippen MR) is 53.9 cm³/mol. The van der Waals surface area contributed by atoms with E-state index in [1.807, 2.05) is 0 Å². The molecule has 0 aliphatic carbocycles. The highest BCUT2D eigenvalue weighted by Gasteiger charge is 2.16. The molecule has 1 aromatic rings. The molecule has 1 rings (SSSR count). The van der Waals surface area contributed by atoms with Crippen molar-refractivity contribution >= 4 is 17.6 Å². The third kappa shape index (κ3) is 1.99. The van der Waals surface area contributed by atoms with Crippen LogP contribution in [0.2, 0.25) is 5.02 Å². The summed E-state index contributed by atoms with van der Waals surface area (Å²) in [4.78, 5) is 10.7. The molecular formula is C10H11ClO3. The molecule has 0 spiro atoms. The van der Waals surface area contributed by atoms with Crippen LogP contribution in [0.3, 0.4) is 0 Å². The van der Waals surface area contributed by atoms with Crippen molar-refractivity contribution in [1.29, 1.82) is 0 Å². The number of hydrogen-bond donors (Lipinski definition) is 2. The van der Waals surface area contributed by atoms with Crippen molar-refractivity contribution in [2.24, 2.45) is 0 Å². The summed E-state index contributed by atoms with van der Waals surface area (Å²) in [5.41, 5.74) is 1.07. The molecule has 0 aromatic heterocycles. The summed E-state index contributed by atoms with van der Waals surface area (Å²) in [6, 6.07) is 3.00. The van der Waals surface area contributed by atoms with Crippen LogP contribution in [0.15, 0.2) is 12.1 Å². The molecule has 1 aromatic carbocycles. The van der Waals surface area contributed by atoms with Crippen LogP contribution in [0.4, 0.5) is 0 Å². The van der Waals surface area contributed by atoms with E-state index < -0.39 is 11.9 Å². The lowest BCUT2D eigenvalue weighted by molar-refractivity contribution is -0.138. The molecule has 76 valence electrons. The van der Waals surface area contributed by atoms with E-state index in [4.69, 9.17) is 16.7 Å². The first kappa shape index (κ1) is 10.9. The molecule has 0 aliphatic heterocycles. The minimum absolute atomic E-state index is 0.0283. The zero-order valence-electron chi connectivity index (χ0n) is 7.91. The van der Waals surface area contributed by atoms with Crippen molar-refractivity contribution in [1.82, 2.24) is 0 Å². The molecule has 0 saturated heterocycles. The van der Waals surface area contributed by atoms with Gasteiger partial charge in [-0.3, -0.25) is 4.79 Å². The Morgan fingerprint density at radius 1 is 1.50 bits per heavy atom. The van der Waals surface area contributed by atoms with Crippen LogP contribution >= 0.6 is 11.6 Å². The van der Waals surface area contributed by atoms with E-state index in [-0.39, 0.29) is 5.75 Å². The van der Waals surface area contributed by atoms with Crippen LogP contribution in [-0.2, 0) is 4.79 Å². The second-order valence-corrected chi connectivity index (χ2v) is 3.61. The van der Waals surface area contributed by atoms with Crippen LogP contribution in [0.1, 0.15) is 24.0 Å². The van der Waals surface area contributed by atoms with E-state index in [0.29, 0.717) is 16.1 Å². The molecule has 0 fully saturated rings. The minimum Gasteiger partial charge on any atom is -0.508 e. The monoisotopic (exact) mass is 214 g/mol. The number of rotatable bonds is 2. The number of phenols is 1. The fourth-order valence-corrected chi connectivity index (χ4v) is 1.30. The van der Waals surface area contributed by atoms with Crippen molar-refractivity contribution < 1.29 is 15.0 Å². The highest BCUT2D eigenvalue weighted by molar-refractivity contribution is 6.31. The fraction of sp³-hybridized carbons (Fsp3) is 0.300. The Bertz CT molecular complexity index is 351. The van der Waals surface area contributed by atoms with Gasteiger partial charge in [-0.1, -0.05) is 11.6 Å². The largest absolute Gasteiger partial charge is 0.508 e. The molecule has 0 radical (unpaired) electrons. The van der Waals surface area contributed by atoms with E-state index in [1.165, 1.54) is 6.07 Å². The third-order valence-electron chi connectivity index (χ3n) is 2.21. The highest BCUT2D eigenvalue weighted by Crippen LogP contribution is 2.29. The number of hydrogen-bond acceptors (Lipinski definition) is 2. The number of halogens is 1. The molecule has 0 amide bonds. The van der Waals surface area contributed by atoms with Gasteiger partial charge in [0, 0.05) is 10.6 Å². The van der Waals surface area contributed by atoms with Crippen molar-refractivity contribution in [3.05, 3.63) is 28.3 Å². The molecule has 0 bridgehead atoms. The number of aliphatic carboxylic acids is 1. The van der Waals surface area contributed by atoms with E-state index in [1.54, 1.807) is 19.9 Å². The maximum atomic E-state index is 10.7. The molecule has 4 heteroatoms. The summed E-state index contributed by atoms with van der Waals surface area (Å²) in [7, 11) is 0. The Hall–Kier alpha value is -1.22. The van der Waals surface area contributed by atoms with E-state index in [0.717, 1.165) is 0 Å². The van der Waals surface area contributed by atoms with Crippen molar-refractivity contribution in [2.75, 3.05) is 0 Å². The molecule has 1 atom stereocenters. The van der Waals surface area contributed by atoms with Crippen molar-refractivity contribution in [3.63, 3.8) is 0 Å². The Morgan fingerprint density at radius 2 is 2.07 bits per heavy atom. The number of aromatic hydroxyl groups is 1. The molecule has 1 unspecified atom stereocenters. The summed E-state index contributed by atoms with van der Waals surface area (Å²) in [5.74, 6) is -1.58. The average Bonchev–Trinajstić information content (AvgIpc) is 2.12. The first-order valence-corrected chi connectivity index (χ1v) is 4.53. The van der Waals surface area contributed by atoms with E-state index in [2.05, 4.69) is 0 Å². The Balaban J connectivity index is 3.19. The van der Waals surface area contributed by atoms with Gasteiger partial charge in [0.15, 0.2) is 0 Å². The Kier molecular flexibility index (Phi) is 3.01. The normalized spacial score (nSPS) is 12.5. The average molecular weight is 215 g/mol. The molecular weight excluding hydrogens is 204 g/mol.